The second kappa shape index (κ2) is 5.83. The minimum absolute atomic E-state index is 0.290. The summed E-state index contributed by atoms with van der Waals surface area (Å²) in [6.45, 7) is 0.784. The molecule has 0 spiro atoms. The standard InChI is InChI=1S/C12H11BrFN3O2/c13-10-7-17(12(19)16-11(10)18)5-4-15-9-3-1-2-8(14)6-9/h1-3,6-7,15H,4-5H2,(H,16,18,19). The van der Waals surface area contributed by atoms with Crippen molar-refractivity contribution in [3.8, 4) is 0 Å². The van der Waals surface area contributed by atoms with Crippen LogP contribution in [0.25, 0.3) is 0 Å². The molecule has 2 aromatic rings. The molecule has 0 saturated carbocycles. The Morgan fingerprint density at radius 3 is 2.89 bits per heavy atom. The van der Waals surface area contributed by atoms with E-state index in [-0.39, 0.29) is 10.3 Å². The number of hydrogen-bond acceptors (Lipinski definition) is 3. The van der Waals surface area contributed by atoms with Gasteiger partial charge in [0.2, 0.25) is 0 Å². The largest absolute Gasteiger partial charge is 0.383 e. The number of halogens is 2. The predicted molar refractivity (Wildman–Crippen MR) is 73.9 cm³/mol. The van der Waals surface area contributed by atoms with Crippen molar-refractivity contribution in [3.63, 3.8) is 0 Å². The lowest BCUT2D eigenvalue weighted by molar-refractivity contribution is 0.627. The minimum atomic E-state index is -0.478. The van der Waals surface area contributed by atoms with Gasteiger partial charge in [0.15, 0.2) is 0 Å². The minimum Gasteiger partial charge on any atom is -0.383 e. The second-order valence-electron chi connectivity index (χ2n) is 3.87. The Morgan fingerprint density at radius 2 is 2.16 bits per heavy atom. The van der Waals surface area contributed by atoms with E-state index in [2.05, 4.69) is 26.2 Å². The first-order valence-electron chi connectivity index (χ1n) is 5.55. The molecule has 5 nitrogen and oxygen atoms in total. The van der Waals surface area contributed by atoms with Crippen molar-refractivity contribution in [3.05, 3.63) is 61.6 Å². The number of aromatic amines is 1. The van der Waals surface area contributed by atoms with Crippen LogP contribution in [0.5, 0.6) is 0 Å². The van der Waals surface area contributed by atoms with Crippen molar-refractivity contribution >= 4 is 21.6 Å². The molecule has 0 fully saturated rings. The number of H-pyrrole nitrogens is 1. The van der Waals surface area contributed by atoms with Gasteiger partial charge in [0, 0.05) is 25.0 Å². The van der Waals surface area contributed by atoms with Crippen LogP contribution in [0, 0.1) is 5.82 Å². The number of nitrogens with one attached hydrogen (secondary N) is 2. The first kappa shape index (κ1) is 13.5. The van der Waals surface area contributed by atoms with Crippen LogP contribution < -0.4 is 16.6 Å². The molecule has 19 heavy (non-hydrogen) atoms. The van der Waals surface area contributed by atoms with E-state index in [1.165, 1.54) is 22.9 Å². The van der Waals surface area contributed by atoms with Gasteiger partial charge in [-0.25, -0.2) is 9.18 Å². The predicted octanol–water partition coefficient (Wildman–Crippen LogP) is 1.55. The van der Waals surface area contributed by atoms with Crippen LogP contribution in [0.3, 0.4) is 0 Å². The lowest BCUT2D eigenvalue weighted by atomic mass is 10.3. The lowest BCUT2D eigenvalue weighted by Gasteiger charge is -2.08. The second-order valence-corrected chi connectivity index (χ2v) is 4.72. The molecule has 0 radical (unpaired) electrons. The molecule has 0 aliphatic rings. The zero-order valence-corrected chi connectivity index (χ0v) is 11.4. The number of anilines is 1. The zero-order chi connectivity index (χ0) is 13.8. The van der Waals surface area contributed by atoms with Crippen LogP contribution in [-0.4, -0.2) is 16.1 Å². The Balaban J connectivity index is 2.02. The zero-order valence-electron chi connectivity index (χ0n) is 9.82. The molecule has 1 aromatic carbocycles. The molecule has 7 heteroatoms. The Kier molecular flexibility index (Phi) is 4.16. The fraction of sp³-hybridized carbons (Fsp3) is 0.167. The highest BCUT2D eigenvalue weighted by molar-refractivity contribution is 9.10. The van der Waals surface area contributed by atoms with E-state index in [4.69, 9.17) is 0 Å². The van der Waals surface area contributed by atoms with Gasteiger partial charge in [-0.1, -0.05) is 6.07 Å². The summed E-state index contributed by atoms with van der Waals surface area (Å²) in [5.74, 6) is -0.325. The summed E-state index contributed by atoms with van der Waals surface area (Å²) in [5.41, 5.74) is -0.301. The summed E-state index contributed by atoms with van der Waals surface area (Å²) in [4.78, 5) is 24.8. The number of hydrogen-bond donors (Lipinski definition) is 2. The first-order chi connectivity index (χ1) is 9.06. The van der Waals surface area contributed by atoms with Crippen molar-refractivity contribution in [1.29, 1.82) is 0 Å². The molecule has 1 aromatic heterocycles. The van der Waals surface area contributed by atoms with E-state index < -0.39 is 11.2 Å². The molecule has 100 valence electrons. The fourth-order valence-corrected chi connectivity index (χ4v) is 1.91. The molecule has 0 atom stereocenters. The maximum absolute atomic E-state index is 12.9. The molecular formula is C12H11BrFN3O2. The van der Waals surface area contributed by atoms with Crippen LogP contribution in [0.2, 0.25) is 0 Å². The van der Waals surface area contributed by atoms with Gasteiger partial charge in [-0.3, -0.25) is 14.3 Å². The SMILES string of the molecule is O=c1[nH]c(=O)n(CCNc2cccc(F)c2)cc1Br. The summed E-state index contributed by atoms with van der Waals surface area (Å²) in [5, 5.41) is 2.99. The Bertz CT molecular complexity index is 696. The smallest absolute Gasteiger partial charge is 0.328 e. The average Bonchev–Trinajstić information content (AvgIpc) is 2.35. The molecule has 0 amide bonds. The quantitative estimate of drug-likeness (QED) is 0.895. The van der Waals surface area contributed by atoms with E-state index in [9.17, 15) is 14.0 Å². The molecule has 0 aliphatic carbocycles. The molecule has 1 heterocycles. The lowest BCUT2D eigenvalue weighted by Crippen LogP contribution is -2.31. The normalized spacial score (nSPS) is 10.4. The van der Waals surface area contributed by atoms with Crippen LogP contribution in [0.1, 0.15) is 0 Å². The summed E-state index contributed by atoms with van der Waals surface area (Å²) in [6.07, 6.45) is 1.43. The molecule has 2 rings (SSSR count). The third-order valence-corrected chi connectivity index (χ3v) is 3.04. The van der Waals surface area contributed by atoms with Gasteiger partial charge in [-0.15, -0.1) is 0 Å². The highest BCUT2D eigenvalue weighted by atomic mass is 79.9. The van der Waals surface area contributed by atoms with Gasteiger partial charge in [0.25, 0.3) is 5.56 Å². The van der Waals surface area contributed by atoms with E-state index in [0.29, 0.717) is 18.8 Å². The van der Waals surface area contributed by atoms with Crippen molar-refractivity contribution in [2.45, 2.75) is 6.54 Å². The first-order valence-corrected chi connectivity index (χ1v) is 6.34. The van der Waals surface area contributed by atoms with Gasteiger partial charge in [-0.2, -0.15) is 0 Å². The summed E-state index contributed by atoms with van der Waals surface area (Å²) in [6, 6.07) is 6.05. The van der Waals surface area contributed by atoms with Gasteiger partial charge >= 0.3 is 5.69 Å². The van der Waals surface area contributed by atoms with Crippen LogP contribution in [0.4, 0.5) is 10.1 Å². The average molecular weight is 328 g/mol. The van der Waals surface area contributed by atoms with Crippen molar-refractivity contribution in [2.24, 2.45) is 0 Å². The number of aromatic nitrogens is 2. The summed E-state index contributed by atoms with van der Waals surface area (Å²) < 4.78 is 14.6. The van der Waals surface area contributed by atoms with Gasteiger partial charge in [0.1, 0.15) is 5.82 Å². The van der Waals surface area contributed by atoms with Gasteiger partial charge in [0.05, 0.1) is 4.47 Å². The van der Waals surface area contributed by atoms with Gasteiger partial charge < -0.3 is 5.32 Å². The molecule has 0 saturated heterocycles. The number of benzene rings is 1. The Hall–Kier alpha value is -1.89. The monoisotopic (exact) mass is 327 g/mol. The van der Waals surface area contributed by atoms with E-state index >= 15 is 0 Å². The van der Waals surface area contributed by atoms with Gasteiger partial charge in [-0.05, 0) is 34.1 Å². The number of rotatable bonds is 4. The highest BCUT2D eigenvalue weighted by Gasteiger charge is 2.01. The number of nitrogens with zero attached hydrogens (tertiary/aromatic N) is 1. The summed E-state index contributed by atoms with van der Waals surface area (Å²) >= 11 is 3.05. The highest BCUT2D eigenvalue weighted by Crippen LogP contribution is 2.08. The maximum atomic E-state index is 12.9. The van der Waals surface area contributed by atoms with E-state index in [0.717, 1.165) is 0 Å². The van der Waals surface area contributed by atoms with Crippen molar-refractivity contribution < 1.29 is 4.39 Å². The third-order valence-electron chi connectivity index (χ3n) is 2.47. The third kappa shape index (κ3) is 3.54. The molecular weight excluding hydrogens is 317 g/mol. The molecule has 0 bridgehead atoms. The van der Waals surface area contributed by atoms with Crippen LogP contribution >= 0.6 is 15.9 Å². The fourth-order valence-electron chi connectivity index (χ4n) is 1.57. The van der Waals surface area contributed by atoms with Crippen LogP contribution in [-0.2, 0) is 6.54 Å². The maximum Gasteiger partial charge on any atom is 0.328 e. The van der Waals surface area contributed by atoms with E-state index in [1.54, 1.807) is 12.1 Å². The molecule has 2 N–H and O–H groups in total. The molecule has 0 unspecified atom stereocenters. The summed E-state index contributed by atoms with van der Waals surface area (Å²) in [7, 11) is 0. The Morgan fingerprint density at radius 1 is 1.37 bits per heavy atom. The van der Waals surface area contributed by atoms with E-state index in [1.807, 2.05) is 0 Å². The topological polar surface area (TPSA) is 66.9 Å². The van der Waals surface area contributed by atoms with Crippen molar-refractivity contribution in [2.75, 3.05) is 11.9 Å². The molecule has 0 aliphatic heterocycles. The van der Waals surface area contributed by atoms with Crippen molar-refractivity contribution in [1.82, 2.24) is 9.55 Å². The Labute approximate surface area is 116 Å². The van der Waals surface area contributed by atoms with Crippen LogP contribution in [0.15, 0.2) is 44.5 Å².